The molecule has 1 rings (SSSR count). The van der Waals surface area contributed by atoms with Crippen molar-refractivity contribution in [1.82, 2.24) is 4.72 Å². The molecule has 0 amide bonds. The maximum Gasteiger partial charge on any atom is 0.246 e. The first kappa shape index (κ1) is 22.9. The molecule has 26 heavy (non-hydrogen) atoms. The van der Waals surface area contributed by atoms with Crippen molar-refractivity contribution in [3.63, 3.8) is 0 Å². The second-order valence-electron chi connectivity index (χ2n) is 6.38. The Kier molecular flexibility index (Phi) is 10.2. The van der Waals surface area contributed by atoms with Crippen LogP contribution in [0.1, 0.15) is 71.1 Å². The smallest absolute Gasteiger partial charge is 0.211 e. The van der Waals surface area contributed by atoms with Crippen molar-refractivity contribution >= 4 is 10.0 Å². The van der Waals surface area contributed by atoms with Gasteiger partial charge in [0.2, 0.25) is 10.0 Å². The number of halogens is 4. The quantitative estimate of drug-likeness (QED) is 0.274. The van der Waals surface area contributed by atoms with E-state index < -0.39 is 38.2 Å². The van der Waals surface area contributed by atoms with Crippen molar-refractivity contribution in [3.8, 4) is 0 Å². The van der Waals surface area contributed by atoms with E-state index in [9.17, 15) is 26.0 Å². The fourth-order valence-electron chi connectivity index (χ4n) is 2.68. The van der Waals surface area contributed by atoms with Crippen LogP contribution in [0.3, 0.4) is 0 Å². The van der Waals surface area contributed by atoms with Crippen LogP contribution >= 0.6 is 0 Å². The van der Waals surface area contributed by atoms with Crippen LogP contribution < -0.4 is 4.72 Å². The van der Waals surface area contributed by atoms with Gasteiger partial charge in [0.25, 0.3) is 0 Å². The van der Waals surface area contributed by atoms with Gasteiger partial charge in [-0.2, -0.15) is 0 Å². The molecule has 150 valence electrons. The molecule has 0 aliphatic heterocycles. The Morgan fingerprint density at radius 2 is 1.19 bits per heavy atom. The summed E-state index contributed by atoms with van der Waals surface area (Å²) in [6.45, 7) is 2.12. The minimum atomic E-state index is -4.66. The lowest BCUT2D eigenvalue weighted by Crippen LogP contribution is -2.27. The summed E-state index contributed by atoms with van der Waals surface area (Å²) in [5.41, 5.74) is 0. The van der Waals surface area contributed by atoms with E-state index in [4.69, 9.17) is 0 Å². The zero-order chi connectivity index (χ0) is 19.6. The number of hydrogen-bond donors (Lipinski definition) is 1. The molecule has 0 fully saturated rings. The Morgan fingerprint density at radius 3 is 1.65 bits per heavy atom. The molecule has 0 saturated heterocycles. The normalized spacial score (nSPS) is 11.9. The van der Waals surface area contributed by atoms with E-state index in [0.29, 0.717) is 6.42 Å². The minimum absolute atomic E-state index is 0.0219. The Labute approximate surface area is 153 Å². The largest absolute Gasteiger partial charge is 0.246 e. The van der Waals surface area contributed by atoms with E-state index in [-0.39, 0.29) is 12.6 Å². The number of benzene rings is 1. The number of hydrogen-bond acceptors (Lipinski definition) is 2. The highest BCUT2D eigenvalue weighted by Gasteiger charge is 2.29. The van der Waals surface area contributed by atoms with Gasteiger partial charge >= 0.3 is 0 Å². The third-order valence-electron chi connectivity index (χ3n) is 4.16. The second kappa shape index (κ2) is 11.5. The van der Waals surface area contributed by atoms with Crippen LogP contribution in [0.4, 0.5) is 17.6 Å². The van der Waals surface area contributed by atoms with Crippen molar-refractivity contribution in [2.75, 3.05) is 6.54 Å². The van der Waals surface area contributed by atoms with Gasteiger partial charge in [0.1, 0.15) is 0 Å². The lowest BCUT2D eigenvalue weighted by atomic mass is 10.1. The second-order valence-corrected chi connectivity index (χ2v) is 8.08. The molecule has 0 unspecified atom stereocenters. The molecule has 8 heteroatoms. The van der Waals surface area contributed by atoms with E-state index in [0.717, 1.165) is 25.7 Å². The first-order chi connectivity index (χ1) is 12.3. The molecule has 1 aromatic carbocycles. The first-order valence-electron chi connectivity index (χ1n) is 9.14. The van der Waals surface area contributed by atoms with Gasteiger partial charge in [-0.15, -0.1) is 0 Å². The van der Waals surface area contributed by atoms with Crippen molar-refractivity contribution < 1.29 is 26.0 Å². The average Bonchev–Trinajstić information content (AvgIpc) is 2.58. The maximum atomic E-state index is 13.6. The van der Waals surface area contributed by atoms with Gasteiger partial charge in [-0.25, -0.2) is 30.7 Å². The van der Waals surface area contributed by atoms with Crippen molar-refractivity contribution in [2.45, 2.75) is 76.0 Å². The third-order valence-corrected chi connectivity index (χ3v) is 5.64. The highest BCUT2D eigenvalue weighted by atomic mass is 32.2. The predicted octanol–water partition coefficient (Wildman–Crippen LogP) is 5.44. The van der Waals surface area contributed by atoms with Gasteiger partial charge in [-0.1, -0.05) is 64.7 Å². The predicted molar refractivity (Wildman–Crippen MR) is 93.3 cm³/mol. The van der Waals surface area contributed by atoms with Crippen LogP contribution in [0.2, 0.25) is 0 Å². The number of rotatable bonds is 13. The molecule has 0 radical (unpaired) electrons. The van der Waals surface area contributed by atoms with E-state index in [1.165, 1.54) is 32.1 Å². The first-order valence-corrected chi connectivity index (χ1v) is 10.6. The van der Waals surface area contributed by atoms with Crippen molar-refractivity contribution in [3.05, 3.63) is 29.3 Å². The van der Waals surface area contributed by atoms with Crippen LogP contribution in [0.5, 0.6) is 0 Å². The summed E-state index contributed by atoms with van der Waals surface area (Å²) in [7, 11) is -4.66. The molecule has 0 aliphatic rings. The van der Waals surface area contributed by atoms with Gasteiger partial charge in [0.05, 0.1) is 0 Å². The number of nitrogens with one attached hydrogen (secondary N) is 1. The molecule has 0 saturated carbocycles. The van der Waals surface area contributed by atoms with Crippen LogP contribution in [-0.2, 0) is 10.0 Å². The Bertz CT molecular complexity index is 639. The summed E-state index contributed by atoms with van der Waals surface area (Å²) in [5.74, 6) is -7.33. The van der Waals surface area contributed by atoms with Crippen LogP contribution in [0.15, 0.2) is 11.0 Å². The SMILES string of the molecule is CCCCCCCCCCCCNS(=O)(=O)c1c(F)c(F)cc(F)c1F. The molecule has 0 heterocycles. The molecule has 0 bridgehead atoms. The van der Waals surface area contributed by atoms with E-state index in [1.54, 1.807) is 0 Å². The lowest BCUT2D eigenvalue weighted by Gasteiger charge is -2.09. The van der Waals surface area contributed by atoms with Crippen molar-refractivity contribution in [1.29, 1.82) is 0 Å². The molecule has 3 nitrogen and oxygen atoms in total. The topological polar surface area (TPSA) is 46.2 Å². The van der Waals surface area contributed by atoms with Gasteiger partial charge in [-0.3, -0.25) is 0 Å². The zero-order valence-electron chi connectivity index (χ0n) is 15.1. The number of unbranched alkanes of at least 4 members (excludes halogenated alkanes) is 9. The standard InChI is InChI=1S/C18H27F4NO2S/c1-2-3-4-5-6-7-8-9-10-11-12-23-26(24,25)18-16(21)14(19)13-15(20)17(18)22/h13,23H,2-12H2,1H3. The lowest BCUT2D eigenvalue weighted by molar-refractivity contribution is 0.418. The molecule has 0 aromatic heterocycles. The Hall–Kier alpha value is -1.15. The zero-order valence-corrected chi connectivity index (χ0v) is 15.9. The highest BCUT2D eigenvalue weighted by molar-refractivity contribution is 7.89. The Balaban J connectivity index is 2.33. The summed E-state index contributed by atoms with van der Waals surface area (Å²) >= 11 is 0. The monoisotopic (exact) mass is 397 g/mol. The van der Waals surface area contributed by atoms with Crippen LogP contribution in [0, 0.1) is 23.3 Å². The Morgan fingerprint density at radius 1 is 0.769 bits per heavy atom. The van der Waals surface area contributed by atoms with E-state index in [1.807, 2.05) is 4.72 Å². The minimum Gasteiger partial charge on any atom is -0.211 e. The van der Waals surface area contributed by atoms with Gasteiger partial charge in [0, 0.05) is 12.6 Å². The van der Waals surface area contributed by atoms with E-state index >= 15 is 0 Å². The number of sulfonamides is 1. The summed E-state index contributed by atoms with van der Waals surface area (Å²) in [5, 5.41) is 0. The summed E-state index contributed by atoms with van der Waals surface area (Å²) in [4.78, 5) is -1.61. The summed E-state index contributed by atoms with van der Waals surface area (Å²) in [6.07, 6.45) is 10.5. The molecular formula is C18H27F4NO2S. The molecule has 0 aliphatic carbocycles. The fraction of sp³-hybridized carbons (Fsp3) is 0.667. The maximum absolute atomic E-state index is 13.6. The van der Waals surface area contributed by atoms with E-state index in [2.05, 4.69) is 6.92 Å². The summed E-state index contributed by atoms with van der Waals surface area (Å²) < 4.78 is 79.2. The van der Waals surface area contributed by atoms with Crippen LogP contribution in [0.25, 0.3) is 0 Å². The molecule has 1 aromatic rings. The van der Waals surface area contributed by atoms with Crippen LogP contribution in [-0.4, -0.2) is 15.0 Å². The highest BCUT2D eigenvalue weighted by Crippen LogP contribution is 2.23. The average molecular weight is 397 g/mol. The van der Waals surface area contributed by atoms with Gasteiger partial charge in [-0.05, 0) is 6.42 Å². The van der Waals surface area contributed by atoms with Crippen molar-refractivity contribution in [2.24, 2.45) is 0 Å². The van der Waals surface area contributed by atoms with Gasteiger partial charge < -0.3 is 0 Å². The summed E-state index contributed by atoms with van der Waals surface area (Å²) in [6, 6.07) is -0.0219. The molecular weight excluding hydrogens is 370 g/mol. The van der Waals surface area contributed by atoms with Gasteiger partial charge in [0.15, 0.2) is 28.2 Å². The molecule has 1 N–H and O–H groups in total. The third kappa shape index (κ3) is 7.23. The fourth-order valence-corrected chi connectivity index (χ4v) is 3.90. The molecule has 0 spiro atoms. The molecule has 0 atom stereocenters.